The van der Waals surface area contributed by atoms with Crippen LogP contribution in [-0.2, 0) is 26.2 Å². The molecule has 2 amide bonds. The van der Waals surface area contributed by atoms with Crippen molar-refractivity contribution in [2.24, 2.45) is 5.92 Å². The second-order valence-electron chi connectivity index (χ2n) is 10.0. The van der Waals surface area contributed by atoms with E-state index in [1.807, 2.05) is 45.0 Å². The van der Waals surface area contributed by atoms with Gasteiger partial charge < -0.3 is 10.2 Å². The minimum absolute atomic E-state index is 0.0463. The van der Waals surface area contributed by atoms with Crippen molar-refractivity contribution in [3.63, 3.8) is 0 Å². The largest absolute Gasteiger partial charge is 0.354 e. The van der Waals surface area contributed by atoms with Gasteiger partial charge in [-0.25, -0.2) is 8.42 Å². The first-order chi connectivity index (χ1) is 18.4. The van der Waals surface area contributed by atoms with Crippen LogP contribution >= 0.6 is 11.6 Å². The van der Waals surface area contributed by atoms with Gasteiger partial charge in [-0.3, -0.25) is 13.9 Å². The lowest BCUT2D eigenvalue weighted by Gasteiger charge is -2.32. The van der Waals surface area contributed by atoms with E-state index in [9.17, 15) is 18.0 Å². The van der Waals surface area contributed by atoms with Crippen molar-refractivity contribution in [3.8, 4) is 0 Å². The van der Waals surface area contributed by atoms with Gasteiger partial charge in [0, 0.05) is 18.1 Å². The maximum atomic E-state index is 14.0. The Labute approximate surface area is 236 Å². The predicted molar refractivity (Wildman–Crippen MR) is 156 cm³/mol. The standard InChI is InChI=1S/C30H36ClN3O4S/c1-21(2)18-32-30(36)24(5)33(19-25-16-14-22(3)15-17-25)29(35)20-34(28-13-9-12-27(31)23(28)4)39(37,38)26-10-7-6-8-11-26/h6-17,21,24H,18-20H2,1-5H3,(H,32,36)/t24-/m1/s1. The first-order valence-electron chi connectivity index (χ1n) is 12.9. The molecule has 0 aliphatic carbocycles. The number of sulfonamides is 1. The summed E-state index contributed by atoms with van der Waals surface area (Å²) in [4.78, 5) is 28.5. The van der Waals surface area contributed by atoms with Crippen LogP contribution in [0.1, 0.15) is 37.5 Å². The van der Waals surface area contributed by atoms with Crippen LogP contribution in [0.15, 0.2) is 77.7 Å². The maximum absolute atomic E-state index is 14.0. The lowest BCUT2D eigenvalue weighted by atomic mass is 10.1. The van der Waals surface area contributed by atoms with Gasteiger partial charge in [-0.1, -0.05) is 79.5 Å². The van der Waals surface area contributed by atoms with Crippen LogP contribution in [-0.4, -0.2) is 44.3 Å². The molecule has 0 spiro atoms. The summed E-state index contributed by atoms with van der Waals surface area (Å²) < 4.78 is 28.8. The van der Waals surface area contributed by atoms with Gasteiger partial charge in [-0.05, 0) is 62.1 Å². The summed E-state index contributed by atoms with van der Waals surface area (Å²) in [7, 11) is -4.14. The third-order valence-electron chi connectivity index (χ3n) is 6.44. The molecule has 7 nitrogen and oxygen atoms in total. The Kier molecular flexibility index (Phi) is 10.2. The fourth-order valence-corrected chi connectivity index (χ4v) is 5.69. The summed E-state index contributed by atoms with van der Waals surface area (Å²) in [5.41, 5.74) is 2.72. The van der Waals surface area contributed by atoms with Gasteiger partial charge in [0.2, 0.25) is 11.8 Å². The summed E-state index contributed by atoms with van der Waals surface area (Å²) in [6, 6.07) is 19.7. The van der Waals surface area contributed by atoms with Gasteiger partial charge in [-0.15, -0.1) is 0 Å². The second kappa shape index (κ2) is 13.1. The Hall–Kier alpha value is -3.36. The third kappa shape index (κ3) is 7.61. The minimum Gasteiger partial charge on any atom is -0.354 e. The lowest BCUT2D eigenvalue weighted by Crippen LogP contribution is -2.51. The lowest BCUT2D eigenvalue weighted by molar-refractivity contribution is -0.139. The van der Waals surface area contributed by atoms with E-state index in [2.05, 4.69) is 5.32 Å². The quantitative estimate of drug-likeness (QED) is 0.338. The molecule has 0 unspecified atom stereocenters. The van der Waals surface area contributed by atoms with Gasteiger partial charge >= 0.3 is 0 Å². The smallest absolute Gasteiger partial charge is 0.264 e. The highest BCUT2D eigenvalue weighted by Gasteiger charge is 2.33. The van der Waals surface area contributed by atoms with E-state index in [1.54, 1.807) is 50.2 Å². The molecule has 1 atom stereocenters. The zero-order valence-electron chi connectivity index (χ0n) is 23.0. The molecule has 0 fully saturated rings. The molecule has 0 aromatic heterocycles. The van der Waals surface area contributed by atoms with Crippen molar-refractivity contribution in [1.29, 1.82) is 0 Å². The number of rotatable bonds is 11. The first kappa shape index (κ1) is 30.2. The number of benzene rings is 3. The zero-order valence-corrected chi connectivity index (χ0v) is 24.6. The van der Waals surface area contributed by atoms with Crippen molar-refractivity contribution in [2.45, 2.75) is 52.1 Å². The van der Waals surface area contributed by atoms with Gasteiger partial charge in [0.05, 0.1) is 10.6 Å². The number of carbonyl (C=O) groups is 2. The average molecular weight is 570 g/mol. The highest BCUT2D eigenvalue weighted by Crippen LogP contribution is 2.31. The van der Waals surface area contributed by atoms with Crippen molar-refractivity contribution < 1.29 is 18.0 Å². The molecule has 0 heterocycles. The van der Waals surface area contributed by atoms with Gasteiger partial charge in [0.1, 0.15) is 12.6 Å². The van der Waals surface area contributed by atoms with Crippen LogP contribution in [0.25, 0.3) is 0 Å². The van der Waals surface area contributed by atoms with Crippen LogP contribution in [0, 0.1) is 19.8 Å². The molecule has 0 saturated heterocycles. The number of halogens is 1. The molecule has 1 N–H and O–H groups in total. The number of nitrogens with zero attached hydrogens (tertiary/aromatic N) is 2. The normalized spacial score (nSPS) is 12.2. The molecule has 3 rings (SSSR count). The summed E-state index contributed by atoms with van der Waals surface area (Å²) in [6.07, 6.45) is 0. The summed E-state index contributed by atoms with van der Waals surface area (Å²) in [5.74, 6) is -0.582. The molecule has 0 bridgehead atoms. The van der Waals surface area contributed by atoms with Crippen LogP contribution in [0.5, 0.6) is 0 Å². The molecule has 0 aliphatic heterocycles. The van der Waals surface area contributed by atoms with Crippen LogP contribution in [0.3, 0.4) is 0 Å². The molecule has 208 valence electrons. The number of hydrogen-bond donors (Lipinski definition) is 1. The highest BCUT2D eigenvalue weighted by molar-refractivity contribution is 7.92. The molecule has 0 saturated carbocycles. The van der Waals surface area contributed by atoms with E-state index in [0.29, 0.717) is 22.8 Å². The van der Waals surface area contributed by atoms with Gasteiger partial charge in [-0.2, -0.15) is 0 Å². The molecule has 3 aromatic carbocycles. The molecular formula is C30H36ClN3O4S. The van der Waals surface area contributed by atoms with E-state index in [1.165, 1.54) is 17.0 Å². The average Bonchev–Trinajstić information content (AvgIpc) is 2.91. The van der Waals surface area contributed by atoms with E-state index in [0.717, 1.165) is 15.4 Å². The SMILES string of the molecule is Cc1ccc(CN(C(=O)CN(c2cccc(Cl)c2C)S(=O)(=O)c2ccccc2)[C@H](C)C(=O)NCC(C)C)cc1. The number of aryl methyl sites for hydroxylation is 1. The minimum atomic E-state index is -4.14. The van der Waals surface area contributed by atoms with E-state index in [-0.39, 0.29) is 23.3 Å². The molecular weight excluding hydrogens is 534 g/mol. The Morgan fingerprint density at radius 1 is 0.897 bits per heavy atom. The summed E-state index contributed by atoms with van der Waals surface area (Å²) >= 11 is 6.36. The van der Waals surface area contributed by atoms with Crippen LogP contribution < -0.4 is 9.62 Å². The summed E-state index contributed by atoms with van der Waals surface area (Å²) in [6.45, 7) is 9.40. The highest BCUT2D eigenvalue weighted by atomic mass is 35.5. The number of carbonyl (C=O) groups excluding carboxylic acids is 2. The third-order valence-corrected chi connectivity index (χ3v) is 8.63. The van der Waals surface area contributed by atoms with Crippen molar-refractivity contribution in [2.75, 3.05) is 17.4 Å². The van der Waals surface area contributed by atoms with Gasteiger partial charge in [0.15, 0.2) is 0 Å². The topological polar surface area (TPSA) is 86.8 Å². The molecule has 0 radical (unpaired) electrons. The predicted octanol–water partition coefficient (Wildman–Crippen LogP) is 5.34. The van der Waals surface area contributed by atoms with Crippen molar-refractivity contribution in [3.05, 3.63) is 94.5 Å². The Bertz CT molecular complexity index is 1390. The van der Waals surface area contributed by atoms with Crippen LogP contribution in [0.2, 0.25) is 5.02 Å². The number of nitrogens with one attached hydrogen (secondary N) is 1. The van der Waals surface area contributed by atoms with Crippen LogP contribution in [0.4, 0.5) is 5.69 Å². The first-order valence-corrected chi connectivity index (χ1v) is 14.7. The van der Waals surface area contributed by atoms with Gasteiger partial charge in [0.25, 0.3) is 10.0 Å². The van der Waals surface area contributed by atoms with E-state index < -0.39 is 28.5 Å². The fourth-order valence-electron chi connectivity index (χ4n) is 4.02. The monoisotopic (exact) mass is 569 g/mol. The number of amides is 2. The molecule has 3 aromatic rings. The van der Waals surface area contributed by atoms with E-state index in [4.69, 9.17) is 11.6 Å². The Morgan fingerprint density at radius 3 is 2.15 bits per heavy atom. The number of hydrogen-bond acceptors (Lipinski definition) is 4. The van der Waals surface area contributed by atoms with Crippen molar-refractivity contribution >= 4 is 39.1 Å². The molecule has 9 heteroatoms. The zero-order chi connectivity index (χ0) is 28.7. The maximum Gasteiger partial charge on any atom is 0.264 e. The fraction of sp³-hybridized carbons (Fsp3) is 0.333. The molecule has 0 aliphatic rings. The second-order valence-corrected chi connectivity index (χ2v) is 12.3. The Balaban J connectivity index is 2.04. The number of anilines is 1. The molecule has 39 heavy (non-hydrogen) atoms. The Morgan fingerprint density at radius 2 is 1.54 bits per heavy atom. The van der Waals surface area contributed by atoms with E-state index >= 15 is 0 Å². The summed E-state index contributed by atoms with van der Waals surface area (Å²) in [5, 5.41) is 3.27. The van der Waals surface area contributed by atoms with Crippen molar-refractivity contribution in [1.82, 2.24) is 10.2 Å².